The molecule has 4 aromatic rings. The molecule has 0 saturated carbocycles. The summed E-state index contributed by atoms with van der Waals surface area (Å²) in [5, 5.41) is 9.34. The van der Waals surface area contributed by atoms with E-state index in [9.17, 15) is 9.32 Å². The van der Waals surface area contributed by atoms with Crippen LogP contribution in [0.2, 0.25) is 0 Å². The minimum absolute atomic E-state index is 0.189. The number of hydrogen-bond acceptors (Lipinski definition) is 7. The Morgan fingerprint density at radius 2 is 2.00 bits per heavy atom. The van der Waals surface area contributed by atoms with Crippen molar-refractivity contribution in [3.8, 4) is 28.4 Å². The van der Waals surface area contributed by atoms with Gasteiger partial charge >= 0.3 is 0 Å². The average molecular weight is 423 g/mol. The van der Waals surface area contributed by atoms with E-state index in [-0.39, 0.29) is 12.4 Å². The van der Waals surface area contributed by atoms with Crippen LogP contribution in [-0.4, -0.2) is 42.0 Å². The van der Waals surface area contributed by atoms with Crippen LogP contribution in [0.25, 0.3) is 28.2 Å². The van der Waals surface area contributed by atoms with Gasteiger partial charge in [0, 0.05) is 33.7 Å². The van der Waals surface area contributed by atoms with Crippen LogP contribution in [0.1, 0.15) is 11.3 Å². The molecule has 3 heterocycles. The number of anilines is 1. The van der Waals surface area contributed by atoms with E-state index in [1.165, 1.54) is 7.11 Å². The molecule has 0 bridgehead atoms. The van der Waals surface area contributed by atoms with Crippen molar-refractivity contribution in [1.29, 1.82) is 0 Å². The van der Waals surface area contributed by atoms with Crippen molar-refractivity contribution in [3.63, 3.8) is 0 Å². The third-order valence-corrected chi connectivity index (χ3v) is 5.80. The lowest BCUT2D eigenvalue weighted by atomic mass is 10.1. The first-order valence-electron chi connectivity index (χ1n) is 9.16. The van der Waals surface area contributed by atoms with Gasteiger partial charge in [0.05, 0.1) is 42.6 Å². The maximum absolute atomic E-state index is 12.0. The quantitative estimate of drug-likeness (QED) is 0.507. The fraction of sp³-hybridized carbons (Fsp3) is 0.190. The molecule has 0 radical (unpaired) electrons. The van der Waals surface area contributed by atoms with Gasteiger partial charge in [-0.05, 0) is 36.8 Å². The molecule has 154 valence electrons. The van der Waals surface area contributed by atoms with Crippen molar-refractivity contribution < 1.29 is 14.1 Å². The lowest BCUT2D eigenvalue weighted by Crippen LogP contribution is -2.03. The lowest BCUT2D eigenvalue weighted by Gasteiger charge is -2.12. The van der Waals surface area contributed by atoms with Crippen LogP contribution in [0.4, 0.5) is 5.82 Å². The maximum Gasteiger partial charge on any atom is 0.223 e. The number of nitrogens with two attached hydrogens (primary N) is 1. The standard InChI is InChI=1S/C21H21N5O3S/c1-12-4-6-14(30(3)28)8-16(12)18-9-23-20-19(22)25-17(10-26(18)20)15-7-5-13(11-27)24-21(15)29-2/h4-10,27H,11H2,1-3H3,(H2,22,25). The molecule has 0 fully saturated rings. The minimum atomic E-state index is -1.10. The zero-order valence-corrected chi connectivity index (χ0v) is 17.6. The third-order valence-electron chi connectivity index (χ3n) is 4.88. The average Bonchev–Trinajstić information content (AvgIpc) is 3.17. The molecule has 3 N–H and O–H groups in total. The van der Waals surface area contributed by atoms with E-state index in [0.29, 0.717) is 28.5 Å². The van der Waals surface area contributed by atoms with E-state index >= 15 is 0 Å². The van der Waals surface area contributed by atoms with Crippen molar-refractivity contribution in [3.05, 3.63) is 54.0 Å². The molecule has 3 aromatic heterocycles. The lowest BCUT2D eigenvalue weighted by molar-refractivity contribution is 0.274. The molecule has 0 aliphatic heterocycles. The number of nitrogen functional groups attached to an aromatic ring is 1. The Bertz CT molecular complexity index is 1290. The number of aliphatic hydroxyl groups excluding tert-OH is 1. The molecule has 9 heteroatoms. The number of benzene rings is 1. The smallest absolute Gasteiger partial charge is 0.223 e. The first-order valence-corrected chi connectivity index (χ1v) is 10.7. The molecule has 1 unspecified atom stereocenters. The second kappa shape index (κ2) is 7.85. The predicted octanol–water partition coefficient (Wildman–Crippen LogP) is 2.59. The zero-order chi connectivity index (χ0) is 21.4. The van der Waals surface area contributed by atoms with Crippen molar-refractivity contribution in [1.82, 2.24) is 19.4 Å². The van der Waals surface area contributed by atoms with Gasteiger partial charge in [0.15, 0.2) is 11.5 Å². The van der Waals surface area contributed by atoms with E-state index in [4.69, 9.17) is 10.5 Å². The molecule has 30 heavy (non-hydrogen) atoms. The largest absolute Gasteiger partial charge is 0.480 e. The molecule has 0 spiro atoms. The Balaban J connectivity index is 1.94. The molecule has 0 saturated heterocycles. The van der Waals surface area contributed by atoms with E-state index in [1.54, 1.807) is 24.6 Å². The Hall–Kier alpha value is -3.30. The van der Waals surface area contributed by atoms with Crippen molar-refractivity contribution in [2.24, 2.45) is 0 Å². The summed E-state index contributed by atoms with van der Waals surface area (Å²) in [7, 11) is 0.410. The number of fused-ring (bicyclic) bond motifs is 1. The first-order chi connectivity index (χ1) is 14.4. The van der Waals surface area contributed by atoms with Gasteiger partial charge in [0.1, 0.15) is 0 Å². The van der Waals surface area contributed by atoms with Crippen molar-refractivity contribution in [2.45, 2.75) is 18.4 Å². The summed E-state index contributed by atoms with van der Waals surface area (Å²) >= 11 is 0. The number of methoxy groups -OCH3 is 1. The van der Waals surface area contributed by atoms with Gasteiger partial charge in [-0.3, -0.25) is 8.61 Å². The van der Waals surface area contributed by atoms with Gasteiger partial charge in [-0.15, -0.1) is 0 Å². The van der Waals surface area contributed by atoms with E-state index in [2.05, 4.69) is 15.0 Å². The summed E-state index contributed by atoms with van der Waals surface area (Å²) in [6.45, 7) is 1.80. The number of rotatable bonds is 5. The SMILES string of the molecule is COc1nc(CO)ccc1-c1cn2c(-c3cc(S(C)=O)ccc3C)cnc2c(N)n1. The summed E-state index contributed by atoms with van der Waals surface area (Å²) in [6.07, 6.45) is 5.20. The van der Waals surface area contributed by atoms with Gasteiger partial charge in [0.2, 0.25) is 5.88 Å². The van der Waals surface area contributed by atoms with Gasteiger partial charge in [-0.2, -0.15) is 0 Å². The molecule has 8 nitrogen and oxygen atoms in total. The van der Waals surface area contributed by atoms with Crippen LogP contribution in [0.5, 0.6) is 5.88 Å². The Morgan fingerprint density at radius 1 is 1.20 bits per heavy atom. The zero-order valence-electron chi connectivity index (χ0n) is 16.8. The summed E-state index contributed by atoms with van der Waals surface area (Å²) in [5.41, 5.74) is 11.2. The van der Waals surface area contributed by atoms with Crippen molar-refractivity contribution in [2.75, 3.05) is 19.1 Å². The number of aliphatic hydroxyl groups is 1. The molecule has 1 aromatic carbocycles. The van der Waals surface area contributed by atoms with Crippen LogP contribution in [0.3, 0.4) is 0 Å². The molecule has 0 amide bonds. The number of imidazole rings is 1. The summed E-state index contributed by atoms with van der Waals surface area (Å²) in [5.74, 6) is 0.605. The van der Waals surface area contributed by atoms with E-state index in [1.807, 2.05) is 35.7 Å². The fourth-order valence-electron chi connectivity index (χ4n) is 3.31. The summed E-state index contributed by atoms with van der Waals surface area (Å²) in [6, 6.07) is 9.20. The molecule has 0 aliphatic rings. The van der Waals surface area contributed by atoms with Crippen LogP contribution in [-0.2, 0) is 17.4 Å². The predicted molar refractivity (Wildman–Crippen MR) is 116 cm³/mol. The molecule has 0 aliphatic carbocycles. The van der Waals surface area contributed by atoms with Crippen molar-refractivity contribution >= 4 is 22.3 Å². The topological polar surface area (TPSA) is 116 Å². The number of nitrogens with zero attached hydrogens (tertiary/aromatic N) is 4. The number of aryl methyl sites for hydroxylation is 1. The highest BCUT2D eigenvalue weighted by molar-refractivity contribution is 7.84. The summed E-state index contributed by atoms with van der Waals surface area (Å²) in [4.78, 5) is 13.9. The second-order valence-corrected chi connectivity index (χ2v) is 8.18. The second-order valence-electron chi connectivity index (χ2n) is 6.80. The van der Waals surface area contributed by atoms with Crippen LogP contribution in [0.15, 0.2) is 47.6 Å². The van der Waals surface area contributed by atoms with Gasteiger partial charge in [-0.1, -0.05) is 6.07 Å². The van der Waals surface area contributed by atoms with Crippen LogP contribution >= 0.6 is 0 Å². The molecular formula is C21H21N5O3S. The van der Waals surface area contributed by atoms with Gasteiger partial charge in [0.25, 0.3) is 0 Å². The normalized spacial score (nSPS) is 12.3. The fourth-order valence-corrected chi connectivity index (χ4v) is 3.86. The number of aromatic nitrogens is 4. The van der Waals surface area contributed by atoms with Crippen LogP contribution in [0, 0.1) is 6.92 Å². The number of pyridine rings is 1. The highest BCUT2D eigenvalue weighted by atomic mass is 32.2. The van der Waals surface area contributed by atoms with E-state index < -0.39 is 10.8 Å². The van der Waals surface area contributed by atoms with E-state index in [0.717, 1.165) is 21.7 Å². The Labute approximate surface area is 175 Å². The maximum atomic E-state index is 12.0. The van der Waals surface area contributed by atoms with Crippen LogP contribution < -0.4 is 10.5 Å². The highest BCUT2D eigenvalue weighted by Gasteiger charge is 2.17. The number of ether oxygens (including phenoxy) is 1. The van der Waals surface area contributed by atoms with Gasteiger partial charge in [-0.25, -0.2) is 15.0 Å². The number of hydrogen-bond donors (Lipinski definition) is 2. The Morgan fingerprint density at radius 3 is 2.70 bits per heavy atom. The highest BCUT2D eigenvalue weighted by Crippen LogP contribution is 2.32. The first kappa shape index (κ1) is 20.0. The monoisotopic (exact) mass is 423 g/mol. The minimum Gasteiger partial charge on any atom is -0.480 e. The molecular weight excluding hydrogens is 402 g/mol. The molecule has 4 rings (SSSR count). The summed E-state index contributed by atoms with van der Waals surface area (Å²) < 4.78 is 19.2. The Kier molecular flexibility index (Phi) is 5.23. The molecule has 1 atom stereocenters. The third kappa shape index (κ3) is 3.42. The van der Waals surface area contributed by atoms with Gasteiger partial charge < -0.3 is 15.6 Å².